The summed E-state index contributed by atoms with van der Waals surface area (Å²) in [7, 11) is -5.99. The molecule has 0 atom stereocenters. The van der Waals surface area contributed by atoms with Crippen LogP contribution in [0.25, 0.3) is 84.2 Å². The van der Waals surface area contributed by atoms with Crippen LogP contribution in [0.15, 0.2) is 458 Å². The molecule has 126 heavy (non-hydrogen) atoms. The van der Waals surface area contributed by atoms with Gasteiger partial charge in [-0.25, -0.2) is 0 Å². The number of thiophene rings is 2. The van der Waals surface area contributed by atoms with Crippen LogP contribution in [-0.4, -0.2) is 13.9 Å². The largest absolute Gasteiger partial charge is 0.534 e. The fraction of sp³-hybridized carbons (Fsp3) is 0.00917. The number of fused-ring (bicyclic) bond motifs is 12. The molecule has 610 valence electrons. The van der Waals surface area contributed by atoms with Gasteiger partial charge in [-0.15, -0.1) is 22.7 Å². The highest BCUT2D eigenvalue weighted by Crippen LogP contribution is 2.52. The van der Waals surface area contributed by atoms with E-state index in [2.05, 4.69) is 280 Å². The van der Waals surface area contributed by atoms with Crippen molar-refractivity contribution in [1.82, 2.24) is 0 Å². The fourth-order valence-electron chi connectivity index (χ4n) is 16.4. The van der Waals surface area contributed by atoms with E-state index >= 15 is 0 Å². The van der Waals surface area contributed by atoms with Crippen LogP contribution in [0.5, 0.6) is 5.75 Å². The highest BCUT2D eigenvalue weighted by atomic mass is 32.2. The molecule has 0 bridgehead atoms. The Morgan fingerprint density at radius 2 is 0.532 bits per heavy atom. The number of hydrogen-bond acceptors (Lipinski definition) is 13. The first-order chi connectivity index (χ1) is 61.9. The second kappa shape index (κ2) is 34.3. The summed E-state index contributed by atoms with van der Waals surface area (Å²) in [4.78, 5) is 11.0. The van der Waals surface area contributed by atoms with Crippen LogP contribution in [-0.2, 0) is 10.1 Å². The van der Waals surface area contributed by atoms with Crippen molar-refractivity contribution in [2.45, 2.75) is 5.51 Å². The lowest BCUT2D eigenvalue weighted by atomic mass is 10.0. The van der Waals surface area contributed by atoms with E-state index in [9.17, 15) is 21.6 Å². The predicted octanol–water partition coefficient (Wildman–Crippen LogP) is 32.9. The van der Waals surface area contributed by atoms with Crippen molar-refractivity contribution < 1.29 is 34.6 Å². The normalized spacial score (nSPS) is 11.5. The molecule has 0 fully saturated rings. The van der Waals surface area contributed by atoms with Gasteiger partial charge >= 0.3 is 15.6 Å². The Labute approximate surface area is 733 Å². The van der Waals surface area contributed by atoms with Gasteiger partial charge < -0.3 is 42.8 Å². The Morgan fingerprint density at radius 1 is 0.246 bits per heavy atom. The number of furan rings is 2. The molecule has 0 unspecified atom stereocenters. The monoisotopic (exact) mass is 1700 g/mol. The average Bonchev–Trinajstić information content (AvgIpc) is 1.56. The molecular formula is C109H75F3N6O5S3. The van der Waals surface area contributed by atoms with Crippen molar-refractivity contribution in [2.75, 3.05) is 29.8 Å². The number of anilines is 17. The topological polar surface area (TPSA) is 97.9 Å². The van der Waals surface area contributed by atoms with Gasteiger partial charge in [0.05, 0.1) is 27.8 Å². The number of nitrogens with one attached hydrogen (secondary N) is 1. The molecular weight excluding hydrogens is 1630 g/mol. The average molecular weight is 1700 g/mol. The van der Waals surface area contributed by atoms with Crippen LogP contribution in [0.3, 0.4) is 0 Å². The Morgan fingerprint density at radius 3 is 0.889 bits per heavy atom. The van der Waals surface area contributed by atoms with Crippen LogP contribution in [0.4, 0.5) is 110 Å². The number of rotatable bonds is 19. The second-order valence-corrected chi connectivity index (χ2v) is 33.7. The maximum absolute atomic E-state index is 13.6. The summed E-state index contributed by atoms with van der Waals surface area (Å²) in [6, 6.07) is 151. The van der Waals surface area contributed by atoms with Gasteiger partial charge in [0.1, 0.15) is 28.1 Å². The molecule has 0 aliphatic rings. The van der Waals surface area contributed by atoms with Crippen LogP contribution in [0.2, 0.25) is 0 Å². The second-order valence-electron chi connectivity index (χ2n) is 30.0. The van der Waals surface area contributed by atoms with Gasteiger partial charge in [0.25, 0.3) is 0 Å². The lowest BCUT2D eigenvalue weighted by Crippen LogP contribution is -2.28. The number of hydrogen-bond donors (Lipinski definition) is 1. The van der Waals surface area contributed by atoms with Crippen molar-refractivity contribution in [3.63, 3.8) is 0 Å². The zero-order valence-corrected chi connectivity index (χ0v) is 69.8. The third-order valence-corrected chi connectivity index (χ3v) is 25.2. The van der Waals surface area contributed by atoms with Crippen molar-refractivity contribution in [2.24, 2.45) is 0 Å². The summed E-state index contributed by atoms with van der Waals surface area (Å²) in [5.74, 6) is -0.548. The van der Waals surface area contributed by atoms with E-state index in [4.69, 9.17) is 13.0 Å². The van der Waals surface area contributed by atoms with Gasteiger partial charge in [-0.2, -0.15) is 21.6 Å². The van der Waals surface area contributed by atoms with Crippen LogP contribution >= 0.6 is 22.7 Å². The van der Waals surface area contributed by atoms with Gasteiger partial charge in [0, 0.05) is 149 Å². The van der Waals surface area contributed by atoms with E-state index in [0.717, 1.165) is 106 Å². The number of nitrogens with zero attached hydrogens (tertiary/aromatic N) is 5. The molecule has 0 saturated heterocycles. The Hall–Kier alpha value is -15.7. The van der Waals surface area contributed by atoms with E-state index in [1.165, 1.54) is 47.8 Å². The first kappa shape index (κ1) is 78.9. The van der Waals surface area contributed by atoms with Gasteiger partial charge in [-0.1, -0.05) is 231 Å². The molecule has 0 aliphatic carbocycles. The summed E-state index contributed by atoms with van der Waals surface area (Å²) < 4.78 is 88.1. The summed E-state index contributed by atoms with van der Waals surface area (Å²) in [5, 5.41) is 11.5. The smallest absolute Gasteiger partial charge is 0.456 e. The molecule has 17 heteroatoms. The van der Waals surface area contributed by atoms with Crippen molar-refractivity contribution in [3.8, 4) is 5.75 Å². The highest BCUT2D eigenvalue weighted by molar-refractivity contribution is 7.88. The first-order valence-corrected chi connectivity index (χ1v) is 44.0. The molecule has 1 N–H and O–H groups in total. The lowest BCUT2D eigenvalue weighted by molar-refractivity contribution is -0.0500. The zero-order chi connectivity index (χ0) is 85.1. The SMILES string of the molecule is O=S(=O)(Oc1cc(N(c2ccccc2)c2ccccc2)c2c(c1)oc1ccc(N(c3ccccc3)c3ccc4c(c3)sc3ccccc34)cc12)C(F)(F)F.c1ccc(N(c2ccccc2)c2cc(N(c3ccccc3)c3ccccc3)c3c(c2)oc2ccc(N(c4ccccc4)c4ccc5c(c4)sc4ccccc45)cc23)cc1.c1ccc(Nc2ccccc2)cc1. The van der Waals surface area contributed by atoms with E-state index in [1.807, 2.05) is 198 Å². The minimum absolute atomic E-state index is 0.141. The summed E-state index contributed by atoms with van der Waals surface area (Å²) in [5.41, 5.74) is 12.6. The van der Waals surface area contributed by atoms with Crippen molar-refractivity contribution in [1.29, 1.82) is 0 Å². The summed E-state index contributed by atoms with van der Waals surface area (Å²) in [6.07, 6.45) is 0. The molecule has 0 spiro atoms. The summed E-state index contributed by atoms with van der Waals surface area (Å²) in [6.45, 7) is 0. The van der Waals surface area contributed by atoms with E-state index in [0.29, 0.717) is 33.4 Å². The molecule has 4 aromatic heterocycles. The van der Waals surface area contributed by atoms with Gasteiger partial charge in [0.2, 0.25) is 0 Å². The molecule has 0 radical (unpaired) electrons. The molecule has 18 aromatic carbocycles. The predicted molar refractivity (Wildman–Crippen MR) is 518 cm³/mol. The maximum atomic E-state index is 13.6. The van der Waals surface area contributed by atoms with Crippen LogP contribution in [0.1, 0.15) is 0 Å². The highest BCUT2D eigenvalue weighted by Gasteiger charge is 2.49. The molecule has 0 amide bonds. The van der Waals surface area contributed by atoms with Crippen LogP contribution < -0.4 is 34.0 Å². The van der Waals surface area contributed by atoms with E-state index in [1.54, 1.807) is 11.3 Å². The fourth-order valence-corrected chi connectivity index (χ4v) is 19.1. The van der Waals surface area contributed by atoms with Crippen LogP contribution in [0, 0.1) is 0 Å². The maximum Gasteiger partial charge on any atom is 0.534 e. The number of para-hydroxylation sites is 10. The molecule has 0 aliphatic heterocycles. The van der Waals surface area contributed by atoms with Crippen molar-refractivity contribution >= 4 is 214 Å². The number of alkyl halides is 3. The van der Waals surface area contributed by atoms with Gasteiger partial charge in [0.15, 0.2) is 0 Å². The Balaban J connectivity index is 0.000000139. The lowest BCUT2D eigenvalue weighted by Gasteiger charge is -2.30. The van der Waals surface area contributed by atoms with E-state index in [-0.39, 0.29) is 5.58 Å². The van der Waals surface area contributed by atoms with E-state index < -0.39 is 21.4 Å². The number of halogens is 3. The first-order valence-electron chi connectivity index (χ1n) is 41.0. The molecule has 22 aromatic rings. The van der Waals surface area contributed by atoms with Gasteiger partial charge in [-0.3, -0.25) is 0 Å². The quantitative estimate of drug-likeness (QED) is 0.0619. The standard InChI is InChI=1S/C54H37N3OS.C43H27F3N2O4S2.C12H11N/c1-6-18-38(19-7-1)55(39-20-8-2-9-21-39)45-35-49(57(41-24-12-4-13-25-41)42-26-14-5-15-27-42)54-48-34-43(31-33-50(48)58-51(54)36-45)56(40-22-10-3-11-23-40)44-30-32-47-46-28-16-17-29-52(46)59-53(47)37-44;44-43(45,46)54(49,50)52-33-26-37(48(29-14-6-2-7-15-29)30-16-8-3-9-17-30)42-36-24-31(21-23-38(36)51-39(42)27-33)47(28-12-4-1-5-13-28)32-20-22-35-34-18-10-11-19-40(34)53-41(35)25-32;1-3-7-11(8-4-1)13-12-9-5-2-6-10-12/h1-37H;1-27H;1-10,13H. The third kappa shape index (κ3) is 15.9. The number of benzene rings is 18. The summed E-state index contributed by atoms with van der Waals surface area (Å²) >= 11 is 3.56. The molecule has 22 rings (SSSR count). The minimum atomic E-state index is -5.99. The van der Waals surface area contributed by atoms with Crippen molar-refractivity contribution in [3.05, 3.63) is 449 Å². The minimum Gasteiger partial charge on any atom is -0.456 e. The molecule has 0 saturated carbocycles. The van der Waals surface area contributed by atoms with Gasteiger partial charge in [-0.05, 0) is 200 Å². The Kier molecular flexibility index (Phi) is 21.5. The molecule has 11 nitrogen and oxygen atoms in total. The molecule has 4 heterocycles. The zero-order valence-electron chi connectivity index (χ0n) is 67.4. The third-order valence-electron chi connectivity index (χ3n) is 22.0. The Bertz CT molecular complexity index is 7580.